The lowest BCUT2D eigenvalue weighted by molar-refractivity contribution is 0.324. The first-order valence-corrected chi connectivity index (χ1v) is 7.23. The molecule has 0 saturated heterocycles. The summed E-state index contributed by atoms with van der Waals surface area (Å²) in [6, 6.07) is 7.79. The second kappa shape index (κ2) is 4.99. The van der Waals surface area contributed by atoms with Crippen LogP contribution in [0.1, 0.15) is 11.6 Å². The number of hydrogen-bond donors (Lipinski definition) is 0. The highest BCUT2D eigenvalue weighted by atomic mass is 35.5. The lowest BCUT2D eigenvalue weighted by atomic mass is 10.1. The van der Waals surface area contributed by atoms with Crippen LogP contribution in [-0.2, 0) is 7.05 Å². The molecule has 0 radical (unpaired) electrons. The van der Waals surface area contributed by atoms with E-state index in [2.05, 4.69) is 20.2 Å². The van der Waals surface area contributed by atoms with Crippen molar-refractivity contribution in [2.75, 3.05) is 5.01 Å². The summed E-state index contributed by atoms with van der Waals surface area (Å²) < 4.78 is 0. The number of hydrazine groups is 1. The summed E-state index contributed by atoms with van der Waals surface area (Å²) in [4.78, 5) is 6.04. The second-order valence-corrected chi connectivity index (χ2v) is 5.46. The fraction of sp³-hybridized carbons (Fsp3) is 0.133. The SMILES string of the molecule is Cn1ncc(N2C=CC=C3N=CC(c4ccc(Cl)cc4)N32)n1. The molecular weight excluding hydrogens is 300 g/mol. The van der Waals surface area contributed by atoms with Crippen LogP contribution in [-0.4, -0.2) is 26.2 Å². The third-order valence-corrected chi connectivity index (χ3v) is 3.84. The van der Waals surface area contributed by atoms with E-state index in [1.165, 1.54) is 4.80 Å². The van der Waals surface area contributed by atoms with E-state index < -0.39 is 0 Å². The predicted molar refractivity (Wildman–Crippen MR) is 85.2 cm³/mol. The smallest absolute Gasteiger partial charge is 0.193 e. The minimum atomic E-state index is -0.00419. The molecule has 1 atom stereocenters. The van der Waals surface area contributed by atoms with Crippen molar-refractivity contribution in [3.63, 3.8) is 0 Å². The number of aryl methyl sites for hydroxylation is 1. The van der Waals surface area contributed by atoms with Crippen LogP contribution in [0.5, 0.6) is 0 Å². The highest BCUT2D eigenvalue weighted by Gasteiger charge is 2.33. The Morgan fingerprint density at radius 3 is 2.73 bits per heavy atom. The van der Waals surface area contributed by atoms with E-state index in [1.54, 1.807) is 13.2 Å². The third-order valence-electron chi connectivity index (χ3n) is 3.58. The van der Waals surface area contributed by atoms with E-state index in [1.807, 2.05) is 53.8 Å². The number of hydrogen-bond acceptors (Lipinski definition) is 5. The van der Waals surface area contributed by atoms with Crippen LogP contribution in [0.25, 0.3) is 0 Å². The van der Waals surface area contributed by atoms with Crippen molar-refractivity contribution in [2.45, 2.75) is 6.04 Å². The Bertz CT molecular complexity index is 789. The number of aromatic nitrogens is 3. The van der Waals surface area contributed by atoms with Crippen LogP contribution in [0.4, 0.5) is 5.82 Å². The zero-order valence-electron chi connectivity index (χ0n) is 11.8. The van der Waals surface area contributed by atoms with Gasteiger partial charge in [0.2, 0.25) is 0 Å². The lowest BCUT2D eigenvalue weighted by Crippen LogP contribution is -2.40. The van der Waals surface area contributed by atoms with Gasteiger partial charge in [0.25, 0.3) is 0 Å². The molecule has 2 aliphatic rings. The van der Waals surface area contributed by atoms with Gasteiger partial charge in [-0.05, 0) is 29.8 Å². The molecule has 3 heterocycles. The zero-order valence-corrected chi connectivity index (χ0v) is 12.6. The monoisotopic (exact) mass is 312 g/mol. The molecule has 0 amide bonds. The first-order chi connectivity index (χ1) is 10.7. The molecular formula is C15H13ClN6. The Morgan fingerprint density at radius 1 is 1.18 bits per heavy atom. The topological polar surface area (TPSA) is 49.6 Å². The molecule has 1 unspecified atom stereocenters. The molecule has 0 spiro atoms. The van der Waals surface area contributed by atoms with Crippen molar-refractivity contribution < 1.29 is 0 Å². The molecule has 110 valence electrons. The van der Waals surface area contributed by atoms with Crippen molar-refractivity contribution in [3.05, 3.63) is 65.2 Å². The minimum Gasteiger partial charge on any atom is -0.249 e. The second-order valence-electron chi connectivity index (χ2n) is 5.02. The summed E-state index contributed by atoms with van der Waals surface area (Å²) in [7, 11) is 1.80. The predicted octanol–water partition coefficient (Wildman–Crippen LogP) is 2.69. The lowest BCUT2D eigenvalue weighted by Gasteiger charge is -2.36. The van der Waals surface area contributed by atoms with Crippen LogP contribution in [0.3, 0.4) is 0 Å². The van der Waals surface area contributed by atoms with Gasteiger partial charge in [-0.1, -0.05) is 23.7 Å². The third kappa shape index (κ3) is 2.08. The molecule has 0 aliphatic carbocycles. The van der Waals surface area contributed by atoms with Gasteiger partial charge in [0.1, 0.15) is 11.9 Å². The van der Waals surface area contributed by atoms with Gasteiger partial charge in [-0.2, -0.15) is 9.90 Å². The van der Waals surface area contributed by atoms with E-state index in [4.69, 9.17) is 11.6 Å². The van der Waals surface area contributed by atoms with E-state index in [0.29, 0.717) is 0 Å². The average molecular weight is 313 g/mol. The summed E-state index contributed by atoms with van der Waals surface area (Å²) >= 11 is 5.98. The van der Waals surface area contributed by atoms with Crippen LogP contribution in [0.2, 0.25) is 5.02 Å². The van der Waals surface area contributed by atoms with Crippen LogP contribution >= 0.6 is 11.6 Å². The van der Waals surface area contributed by atoms with Gasteiger partial charge in [0, 0.05) is 24.5 Å². The fourth-order valence-electron chi connectivity index (χ4n) is 2.57. The molecule has 2 aromatic rings. The standard InChI is InChI=1S/C15H13ClN6/c1-20-18-10-15(19-20)21-8-2-3-14-17-9-13(22(14)21)11-4-6-12(16)7-5-11/h2-10,13H,1H3. The maximum absolute atomic E-state index is 5.98. The van der Waals surface area contributed by atoms with Crippen molar-refractivity contribution in [3.8, 4) is 0 Å². The maximum atomic E-state index is 5.98. The quantitative estimate of drug-likeness (QED) is 0.855. The van der Waals surface area contributed by atoms with Crippen LogP contribution in [0, 0.1) is 0 Å². The number of nitrogens with zero attached hydrogens (tertiary/aromatic N) is 6. The molecule has 1 aromatic carbocycles. The van der Waals surface area contributed by atoms with Gasteiger partial charge in [0.05, 0.1) is 6.20 Å². The first-order valence-electron chi connectivity index (χ1n) is 6.85. The molecule has 1 aromatic heterocycles. The van der Waals surface area contributed by atoms with E-state index in [-0.39, 0.29) is 6.04 Å². The fourth-order valence-corrected chi connectivity index (χ4v) is 2.70. The molecule has 7 heteroatoms. The summed E-state index contributed by atoms with van der Waals surface area (Å²) in [6.45, 7) is 0. The van der Waals surface area contributed by atoms with E-state index in [0.717, 1.165) is 22.2 Å². The van der Waals surface area contributed by atoms with E-state index >= 15 is 0 Å². The Morgan fingerprint density at radius 2 is 2.00 bits per heavy atom. The van der Waals surface area contributed by atoms with Gasteiger partial charge in [-0.15, -0.1) is 5.10 Å². The summed E-state index contributed by atoms with van der Waals surface area (Å²) in [5.41, 5.74) is 1.11. The molecule has 0 N–H and O–H groups in total. The van der Waals surface area contributed by atoms with Crippen LogP contribution in [0.15, 0.2) is 59.6 Å². The zero-order chi connectivity index (χ0) is 15.1. The summed E-state index contributed by atoms with van der Waals surface area (Å²) in [5.74, 6) is 1.61. The highest BCUT2D eigenvalue weighted by Crippen LogP contribution is 2.35. The first kappa shape index (κ1) is 13.1. The molecule has 0 saturated carbocycles. The van der Waals surface area contributed by atoms with Gasteiger partial charge in [0.15, 0.2) is 5.82 Å². The number of halogens is 1. The Kier molecular flexibility index (Phi) is 2.97. The van der Waals surface area contributed by atoms with Gasteiger partial charge < -0.3 is 0 Å². The Hall–Kier alpha value is -2.60. The largest absolute Gasteiger partial charge is 0.249 e. The Balaban J connectivity index is 1.73. The van der Waals surface area contributed by atoms with Crippen molar-refractivity contribution in [1.29, 1.82) is 0 Å². The number of allylic oxidation sites excluding steroid dienone is 2. The molecule has 4 rings (SSSR count). The molecule has 0 fully saturated rings. The number of rotatable bonds is 2. The van der Waals surface area contributed by atoms with Gasteiger partial charge in [-0.25, -0.2) is 15.0 Å². The van der Waals surface area contributed by atoms with Gasteiger partial charge in [-0.3, -0.25) is 0 Å². The average Bonchev–Trinajstić information content (AvgIpc) is 3.14. The molecule has 6 nitrogen and oxygen atoms in total. The number of anilines is 1. The van der Waals surface area contributed by atoms with Crippen LogP contribution < -0.4 is 5.01 Å². The molecule has 2 aliphatic heterocycles. The highest BCUT2D eigenvalue weighted by molar-refractivity contribution is 6.30. The summed E-state index contributed by atoms with van der Waals surface area (Å²) in [6.07, 6.45) is 9.52. The van der Waals surface area contributed by atoms with E-state index in [9.17, 15) is 0 Å². The number of fused-ring (bicyclic) bond motifs is 1. The number of benzene rings is 1. The molecule has 0 bridgehead atoms. The van der Waals surface area contributed by atoms with Crippen molar-refractivity contribution in [1.82, 2.24) is 20.0 Å². The Labute approximate surface area is 132 Å². The maximum Gasteiger partial charge on any atom is 0.193 e. The minimum absolute atomic E-state index is 0.00419. The van der Waals surface area contributed by atoms with Crippen molar-refractivity contribution >= 4 is 23.6 Å². The normalized spacial score (nSPS) is 19.5. The van der Waals surface area contributed by atoms with Crippen molar-refractivity contribution in [2.24, 2.45) is 12.0 Å². The number of aliphatic imine (C=N–C) groups is 1. The van der Waals surface area contributed by atoms with Gasteiger partial charge >= 0.3 is 0 Å². The summed E-state index contributed by atoms with van der Waals surface area (Å²) in [5, 5.41) is 13.3. The molecule has 22 heavy (non-hydrogen) atoms.